The molecule has 1 rings (SSSR count). The van der Waals surface area contributed by atoms with Gasteiger partial charge in [-0.3, -0.25) is 9.69 Å². The molecule has 1 aliphatic heterocycles. The second kappa shape index (κ2) is 5.32. The maximum absolute atomic E-state index is 11.3. The first-order valence-electron chi connectivity index (χ1n) is 5.19. The van der Waals surface area contributed by atoms with Crippen LogP contribution in [0.2, 0.25) is 0 Å². The molecule has 14 heavy (non-hydrogen) atoms. The number of hydrogen-bond acceptors (Lipinski definition) is 4. The maximum atomic E-state index is 11.3. The summed E-state index contributed by atoms with van der Waals surface area (Å²) in [7, 11) is 1.41. The fourth-order valence-electron chi connectivity index (χ4n) is 1.85. The minimum absolute atomic E-state index is 0.138. The lowest BCUT2D eigenvalue weighted by Gasteiger charge is -2.24. The van der Waals surface area contributed by atoms with Gasteiger partial charge in [-0.25, -0.2) is 0 Å². The minimum atomic E-state index is -0.333. The van der Waals surface area contributed by atoms with Gasteiger partial charge in [0.05, 0.1) is 13.2 Å². The molecule has 0 radical (unpaired) electrons. The number of β-amino-alcohol motifs (C(OH)–C–C–N with tert-alkyl or cyclic N) is 1. The number of methoxy groups -OCH3 is 1. The molecule has 82 valence electrons. The molecule has 0 spiro atoms. The number of rotatable bonds is 4. The lowest BCUT2D eigenvalue weighted by atomic mass is 10.2. The number of hydrogen-bond donors (Lipinski definition) is 1. The van der Waals surface area contributed by atoms with Gasteiger partial charge in [-0.05, 0) is 25.8 Å². The molecule has 0 saturated carbocycles. The van der Waals surface area contributed by atoms with Crippen LogP contribution in [0.3, 0.4) is 0 Å². The van der Waals surface area contributed by atoms with Crippen molar-refractivity contribution in [2.24, 2.45) is 0 Å². The Labute approximate surface area is 84.8 Å². The van der Waals surface area contributed by atoms with E-state index in [2.05, 4.69) is 0 Å². The van der Waals surface area contributed by atoms with Crippen LogP contribution in [0.4, 0.5) is 0 Å². The topological polar surface area (TPSA) is 49.8 Å². The van der Waals surface area contributed by atoms with Crippen LogP contribution < -0.4 is 0 Å². The van der Waals surface area contributed by atoms with Crippen molar-refractivity contribution in [2.75, 3.05) is 20.2 Å². The smallest absolute Gasteiger partial charge is 0.323 e. The maximum Gasteiger partial charge on any atom is 0.323 e. The molecule has 2 atom stereocenters. The third kappa shape index (κ3) is 2.69. The SMILES string of the molecule is CCC(O)CN1CCCC1C(=O)OC. The number of carbonyl (C=O) groups excluding carboxylic acids is 1. The van der Waals surface area contributed by atoms with Gasteiger partial charge in [-0.1, -0.05) is 6.92 Å². The van der Waals surface area contributed by atoms with Crippen LogP contribution in [-0.2, 0) is 9.53 Å². The Kier molecular flexibility index (Phi) is 4.35. The van der Waals surface area contributed by atoms with Crippen molar-refractivity contribution in [3.8, 4) is 0 Å². The largest absolute Gasteiger partial charge is 0.468 e. The molecular formula is C10H19NO3. The molecule has 1 N–H and O–H groups in total. The van der Waals surface area contributed by atoms with Crippen LogP contribution in [0, 0.1) is 0 Å². The van der Waals surface area contributed by atoms with Crippen LogP contribution in [0.15, 0.2) is 0 Å². The highest BCUT2D eigenvalue weighted by molar-refractivity contribution is 5.75. The molecule has 1 heterocycles. The molecule has 0 aliphatic carbocycles. The monoisotopic (exact) mass is 201 g/mol. The highest BCUT2D eigenvalue weighted by atomic mass is 16.5. The molecule has 0 aromatic rings. The van der Waals surface area contributed by atoms with E-state index in [9.17, 15) is 9.90 Å². The highest BCUT2D eigenvalue weighted by Gasteiger charge is 2.31. The first-order chi connectivity index (χ1) is 6.69. The van der Waals surface area contributed by atoms with E-state index in [0.717, 1.165) is 25.8 Å². The minimum Gasteiger partial charge on any atom is -0.468 e. The van der Waals surface area contributed by atoms with Crippen molar-refractivity contribution in [2.45, 2.75) is 38.3 Å². The van der Waals surface area contributed by atoms with Crippen LogP contribution >= 0.6 is 0 Å². The molecule has 0 bridgehead atoms. The van der Waals surface area contributed by atoms with Crippen molar-refractivity contribution in [1.29, 1.82) is 0 Å². The Morgan fingerprint density at radius 3 is 3.00 bits per heavy atom. The second-order valence-electron chi connectivity index (χ2n) is 3.74. The van der Waals surface area contributed by atoms with E-state index in [-0.39, 0.29) is 18.1 Å². The summed E-state index contributed by atoms with van der Waals surface area (Å²) < 4.78 is 4.72. The lowest BCUT2D eigenvalue weighted by Crippen LogP contribution is -2.41. The van der Waals surface area contributed by atoms with Crippen molar-refractivity contribution in [1.82, 2.24) is 4.90 Å². The predicted molar refractivity (Wildman–Crippen MR) is 52.9 cm³/mol. The number of nitrogens with zero attached hydrogens (tertiary/aromatic N) is 1. The number of ether oxygens (including phenoxy) is 1. The van der Waals surface area contributed by atoms with Crippen molar-refractivity contribution < 1.29 is 14.6 Å². The molecule has 0 aromatic heterocycles. The Hall–Kier alpha value is -0.610. The van der Waals surface area contributed by atoms with Crippen molar-refractivity contribution >= 4 is 5.97 Å². The molecule has 1 saturated heterocycles. The molecule has 4 nitrogen and oxygen atoms in total. The standard InChI is InChI=1S/C10H19NO3/c1-3-8(12)7-11-6-4-5-9(11)10(13)14-2/h8-9,12H,3-7H2,1-2H3. The van der Waals surface area contributed by atoms with Crippen LogP contribution in [0.1, 0.15) is 26.2 Å². The molecule has 0 amide bonds. The fourth-order valence-corrected chi connectivity index (χ4v) is 1.85. The predicted octanol–water partition coefficient (Wildman–Crippen LogP) is 0.395. The number of aliphatic hydroxyl groups excluding tert-OH is 1. The van der Waals surface area contributed by atoms with Crippen LogP contribution in [-0.4, -0.2) is 48.3 Å². The lowest BCUT2D eigenvalue weighted by molar-refractivity contribution is -0.146. The normalized spacial score (nSPS) is 24.9. The summed E-state index contributed by atoms with van der Waals surface area (Å²) in [5.74, 6) is -0.175. The Morgan fingerprint density at radius 2 is 2.43 bits per heavy atom. The quantitative estimate of drug-likeness (QED) is 0.669. The zero-order chi connectivity index (χ0) is 10.6. The third-order valence-corrected chi connectivity index (χ3v) is 2.75. The Bertz CT molecular complexity index is 196. The first kappa shape index (κ1) is 11.5. The van der Waals surface area contributed by atoms with E-state index in [4.69, 9.17) is 4.74 Å². The van der Waals surface area contributed by atoms with Gasteiger partial charge in [-0.2, -0.15) is 0 Å². The van der Waals surface area contributed by atoms with Gasteiger partial charge >= 0.3 is 5.97 Å². The summed E-state index contributed by atoms with van der Waals surface area (Å²) in [6.45, 7) is 3.40. The Morgan fingerprint density at radius 1 is 1.71 bits per heavy atom. The van der Waals surface area contributed by atoms with E-state index >= 15 is 0 Å². The molecule has 4 heteroatoms. The molecular weight excluding hydrogens is 182 g/mol. The molecule has 1 aliphatic rings. The van der Waals surface area contributed by atoms with E-state index < -0.39 is 0 Å². The highest BCUT2D eigenvalue weighted by Crippen LogP contribution is 2.18. The summed E-state index contributed by atoms with van der Waals surface area (Å²) >= 11 is 0. The Balaban J connectivity index is 2.46. The van der Waals surface area contributed by atoms with Gasteiger partial charge in [0.15, 0.2) is 0 Å². The van der Waals surface area contributed by atoms with E-state index in [1.807, 2.05) is 11.8 Å². The number of esters is 1. The zero-order valence-electron chi connectivity index (χ0n) is 8.90. The van der Waals surface area contributed by atoms with Crippen molar-refractivity contribution in [3.05, 3.63) is 0 Å². The van der Waals surface area contributed by atoms with E-state index in [1.54, 1.807) is 0 Å². The third-order valence-electron chi connectivity index (χ3n) is 2.75. The van der Waals surface area contributed by atoms with Crippen LogP contribution in [0.25, 0.3) is 0 Å². The number of likely N-dealkylation sites (tertiary alicyclic amines) is 1. The molecule has 1 fully saturated rings. The summed E-state index contributed by atoms with van der Waals surface area (Å²) in [6, 6.07) is -0.138. The summed E-state index contributed by atoms with van der Waals surface area (Å²) in [5.41, 5.74) is 0. The number of carbonyl (C=O) groups is 1. The van der Waals surface area contributed by atoms with E-state index in [1.165, 1.54) is 7.11 Å². The average Bonchev–Trinajstić information content (AvgIpc) is 2.64. The van der Waals surface area contributed by atoms with Gasteiger partial charge < -0.3 is 9.84 Å². The molecule has 2 unspecified atom stereocenters. The van der Waals surface area contributed by atoms with Gasteiger partial charge in [-0.15, -0.1) is 0 Å². The average molecular weight is 201 g/mol. The molecule has 0 aromatic carbocycles. The second-order valence-corrected chi connectivity index (χ2v) is 3.74. The van der Waals surface area contributed by atoms with Gasteiger partial charge in [0, 0.05) is 6.54 Å². The van der Waals surface area contributed by atoms with E-state index in [0.29, 0.717) is 6.54 Å². The zero-order valence-corrected chi connectivity index (χ0v) is 8.90. The fraction of sp³-hybridized carbons (Fsp3) is 0.900. The van der Waals surface area contributed by atoms with Gasteiger partial charge in [0.25, 0.3) is 0 Å². The first-order valence-corrected chi connectivity index (χ1v) is 5.19. The summed E-state index contributed by atoms with van der Waals surface area (Å²) in [6.07, 6.45) is 2.25. The number of aliphatic hydroxyl groups is 1. The summed E-state index contributed by atoms with van der Waals surface area (Å²) in [5, 5.41) is 9.50. The van der Waals surface area contributed by atoms with Gasteiger partial charge in [0.2, 0.25) is 0 Å². The van der Waals surface area contributed by atoms with Crippen molar-refractivity contribution in [3.63, 3.8) is 0 Å². The van der Waals surface area contributed by atoms with Crippen LogP contribution in [0.5, 0.6) is 0 Å². The summed E-state index contributed by atoms with van der Waals surface area (Å²) in [4.78, 5) is 13.4. The van der Waals surface area contributed by atoms with Gasteiger partial charge in [0.1, 0.15) is 6.04 Å².